The number of anilines is 1. The van der Waals surface area contributed by atoms with Gasteiger partial charge in [0.25, 0.3) is 0 Å². The van der Waals surface area contributed by atoms with E-state index in [1.165, 1.54) is 0 Å². The minimum absolute atomic E-state index is 0.0209. The number of amides is 1. The minimum atomic E-state index is -0.544. The topological polar surface area (TPSA) is 69.4 Å². The second kappa shape index (κ2) is 6.76. The Hall–Kier alpha value is -3.09. The lowest BCUT2D eigenvalue weighted by molar-refractivity contribution is 0.0584. The van der Waals surface area contributed by atoms with Crippen molar-refractivity contribution in [2.75, 3.05) is 11.4 Å². The van der Waals surface area contributed by atoms with E-state index in [4.69, 9.17) is 4.74 Å². The van der Waals surface area contributed by atoms with Gasteiger partial charge in [0, 0.05) is 18.8 Å². The number of nitrogens with zero attached hydrogens (tertiary/aromatic N) is 4. The van der Waals surface area contributed by atoms with E-state index in [9.17, 15) is 9.59 Å². The van der Waals surface area contributed by atoms with Gasteiger partial charge in [0.1, 0.15) is 5.60 Å². The first-order chi connectivity index (χ1) is 13.7. The molecule has 0 atom stereocenters. The van der Waals surface area contributed by atoms with E-state index in [-0.39, 0.29) is 17.8 Å². The summed E-state index contributed by atoms with van der Waals surface area (Å²) >= 11 is 0. The average molecular weight is 394 g/mol. The zero-order chi connectivity index (χ0) is 20.9. The molecule has 0 aliphatic carbocycles. The zero-order valence-corrected chi connectivity index (χ0v) is 17.5. The number of imidazole rings is 1. The highest BCUT2D eigenvalue weighted by molar-refractivity contribution is 5.91. The first-order valence-electron chi connectivity index (χ1n) is 9.89. The number of rotatable bonds is 2. The van der Waals surface area contributed by atoms with Crippen molar-refractivity contribution in [3.8, 4) is 5.69 Å². The molecule has 3 heterocycles. The lowest BCUT2D eigenvalue weighted by atomic mass is 10.1. The Bertz CT molecular complexity index is 1150. The highest BCUT2D eigenvalue weighted by atomic mass is 16.6. The molecule has 1 aliphatic rings. The van der Waals surface area contributed by atoms with Crippen molar-refractivity contribution >= 4 is 22.9 Å². The van der Waals surface area contributed by atoms with Gasteiger partial charge in [-0.1, -0.05) is 0 Å². The van der Waals surface area contributed by atoms with Crippen molar-refractivity contribution in [3.05, 3.63) is 52.6 Å². The van der Waals surface area contributed by atoms with Crippen LogP contribution in [0.3, 0.4) is 0 Å². The van der Waals surface area contributed by atoms with Gasteiger partial charge in [-0.3, -0.25) is 9.47 Å². The van der Waals surface area contributed by atoms with Crippen molar-refractivity contribution in [2.24, 2.45) is 0 Å². The summed E-state index contributed by atoms with van der Waals surface area (Å²) in [6, 6.07) is 9.49. The standard InChI is InChI=1S/C22H26N4O3/c1-14(2)25-18-7-6-11-23-19(18)26(20(25)27)16-8-9-17-15(13-16)10-12-24(17)21(28)29-22(3,4)5/h6-9,11,13-14H,10,12H2,1-5H3. The van der Waals surface area contributed by atoms with Gasteiger partial charge in [0.2, 0.25) is 0 Å². The van der Waals surface area contributed by atoms with E-state index >= 15 is 0 Å². The number of benzene rings is 1. The maximum Gasteiger partial charge on any atom is 0.414 e. The highest BCUT2D eigenvalue weighted by Gasteiger charge is 2.29. The number of carbonyl (C=O) groups is 1. The van der Waals surface area contributed by atoms with Gasteiger partial charge < -0.3 is 4.74 Å². The number of pyridine rings is 1. The number of hydrogen-bond donors (Lipinski definition) is 0. The Morgan fingerprint density at radius 2 is 1.97 bits per heavy atom. The third kappa shape index (κ3) is 3.30. The van der Waals surface area contributed by atoms with Crippen molar-refractivity contribution in [1.29, 1.82) is 0 Å². The summed E-state index contributed by atoms with van der Waals surface area (Å²) in [5, 5.41) is 0. The molecule has 29 heavy (non-hydrogen) atoms. The van der Waals surface area contributed by atoms with E-state index in [0.717, 1.165) is 22.5 Å². The maximum atomic E-state index is 13.2. The Balaban J connectivity index is 1.78. The molecule has 7 heteroatoms. The van der Waals surface area contributed by atoms with E-state index in [0.29, 0.717) is 18.6 Å². The van der Waals surface area contributed by atoms with Gasteiger partial charge in [-0.25, -0.2) is 19.1 Å². The summed E-state index contributed by atoms with van der Waals surface area (Å²) in [6.45, 7) is 10.1. The van der Waals surface area contributed by atoms with Gasteiger partial charge in [0.05, 0.1) is 16.9 Å². The van der Waals surface area contributed by atoms with Crippen LogP contribution in [0, 0.1) is 0 Å². The van der Waals surface area contributed by atoms with Crippen molar-refractivity contribution in [1.82, 2.24) is 14.1 Å². The Labute approximate surface area is 169 Å². The Kier molecular flexibility index (Phi) is 4.48. The van der Waals surface area contributed by atoms with Crippen LogP contribution in [0.5, 0.6) is 0 Å². The molecule has 1 amide bonds. The van der Waals surface area contributed by atoms with Gasteiger partial charge in [-0.2, -0.15) is 0 Å². The maximum absolute atomic E-state index is 13.2. The molecule has 0 spiro atoms. The molecule has 0 radical (unpaired) electrons. The molecule has 7 nitrogen and oxygen atoms in total. The third-order valence-corrected chi connectivity index (χ3v) is 4.98. The summed E-state index contributed by atoms with van der Waals surface area (Å²) in [6.07, 6.45) is 2.06. The van der Waals surface area contributed by atoms with Crippen LogP contribution in [0.2, 0.25) is 0 Å². The largest absolute Gasteiger partial charge is 0.443 e. The molecule has 152 valence electrons. The van der Waals surface area contributed by atoms with E-state index < -0.39 is 5.60 Å². The lowest BCUT2D eigenvalue weighted by Gasteiger charge is -2.24. The second-order valence-corrected chi connectivity index (χ2v) is 8.62. The van der Waals surface area contributed by atoms with Crippen molar-refractivity contribution in [3.63, 3.8) is 0 Å². The normalized spacial score (nSPS) is 13.9. The van der Waals surface area contributed by atoms with Gasteiger partial charge in [0.15, 0.2) is 5.65 Å². The number of hydrogen-bond acceptors (Lipinski definition) is 4. The van der Waals surface area contributed by atoms with Crippen LogP contribution in [-0.2, 0) is 11.2 Å². The van der Waals surface area contributed by atoms with Crippen LogP contribution in [0.15, 0.2) is 41.3 Å². The first-order valence-corrected chi connectivity index (χ1v) is 9.89. The molecule has 0 bridgehead atoms. The van der Waals surface area contributed by atoms with Crippen LogP contribution in [0.25, 0.3) is 16.9 Å². The average Bonchev–Trinajstić information content (AvgIpc) is 3.17. The summed E-state index contributed by atoms with van der Waals surface area (Å²) in [7, 11) is 0. The third-order valence-electron chi connectivity index (χ3n) is 4.98. The van der Waals surface area contributed by atoms with Crippen LogP contribution in [0.4, 0.5) is 10.5 Å². The summed E-state index contributed by atoms with van der Waals surface area (Å²) < 4.78 is 8.92. The molecular weight excluding hydrogens is 368 g/mol. The molecule has 3 aromatic rings. The van der Waals surface area contributed by atoms with Crippen LogP contribution in [0.1, 0.15) is 46.2 Å². The first kappa shape index (κ1) is 19.2. The highest BCUT2D eigenvalue weighted by Crippen LogP contribution is 2.31. The quantitative estimate of drug-likeness (QED) is 0.657. The van der Waals surface area contributed by atoms with Crippen molar-refractivity contribution < 1.29 is 9.53 Å². The number of ether oxygens (including phenoxy) is 1. The molecule has 1 aliphatic heterocycles. The van der Waals surface area contributed by atoms with Crippen molar-refractivity contribution in [2.45, 2.75) is 52.7 Å². The van der Waals surface area contributed by atoms with Gasteiger partial charge >= 0.3 is 11.8 Å². The predicted molar refractivity (Wildman–Crippen MR) is 113 cm³/mol. The smallest absolute Gasteiger partial charge is 0.414 e. The van der Waals surface area contributed by atoms with Crippen LogP contribution >= 0.6 is 0 Å². The Morgan fingerprint density at radius 3 is 2.66 bits per heavy atom. The summed E-state index contributed by atoms with van der Waals surface area (Å²) in [4.78, 5) is 31.8. The van der Waals surface area contributed by atoms with Crippen LogP contribution in [-0.4, -0.2) is 32.4 Å². The molecule has 1 aromatic carbocycles. The molecule has 2 aromatic heterocycles. The Morgan fingerprint density at radius 1 is 1.21 bits per heavy atom. The molecule has 4 rings (SSSR count). The monoisotopic (exact) mass is 394 g/mol. The van der Waals surface area contributed by atoms with Crippen LogP contribution < -0.4 is 10.6 Å². The lowest BCUT2D eigenvalue weighted by Crippen LogP contribution is -2.35. The van der Waals surface area contributed by atoms with E-state index in [1.54, 1.807) is 20.2 Å². The van der Waals surface area contributed by atoms with Gasteiger partial charge in [-0.05, 0) is 76.9 Å². The number of aromatic nitrogens is 3. The fourth-order valence-corrected chi connectivity index (χ4v) is 3.82. The predicted octanol–water partition coefficient (Wildman–Crippen LogP) is 4.07. The summed E-state index contributed by atoms with van der Waals surface area (Å²) in [5.41, 5.74) is 3.38. The van der Waals surface area contributed by atoms with E-state index in [2.05, 4.69) is 4.98 Å². The zero-order valence-electron chi connectivity index (χ0n) is 17.5. The summed E-state index contributed by atoms with van der Waals surface area (Å²) in [5.74, 6) is 0. The second-order valence-electron chi connectivity index (χ2n) is 8.62. The molecule has 0 N–H and O–H groups in total. The number of fused-ring (bicyclic) bond motifs is 2. The fourth-order valence-electron chi connectivity index (χ4n) is 3.82. The number of carbonyl (C=O) groups excluding carboxylic acids is 1. The molecule has 0 saturated heterocycles. The van der Waals surface area contributed by atoms with Gasteiger partial charge in [-0.15, -0.1) is 0 Å². The molecule has 0 unspecified atom stereocenters. The SMILES string of the molecule is CC(C)n1c(=O)n(-c2ccc3c(c2)CCN3C(=O)OC(C)(C)C)c2ncccc21. The molecular formula is C22H26N4O3. The molecule has 0 saturated carbocycles. The fraction of sp³-hybridized carbons (Fsp3) is 0.409. The molecule has 0 fully saturated rings. The minimum Gasteiger partial charge on any atom is -0.443 e. The van der Waals surface area contributed by atoms with E-state index in [1.807, 2.05) is 65.0 Å².